The summed E-state index contributed by atoms with van der Waals surface area (Å²) in [5.74, 6) is -6.03. The van der Waals surface area contributed by atoms with Crippen molar-refractivity contribution in [3.8, 4) is 0 Å². The summed E-state index contributed by atoms with van der Waals surface area (Å²) in [7, 11) is 0. The zero-order chi connectivity index (χ0) is 29.0. The molecule has 0 spiro atoms. The second-order valence-electron chi connectivity index (χ2n) is 10.5. The van der Waals surface area contributed by atoms with Gasteiger partial charge in [0.2, 0.25) is 17.7 Å². The Morgan fingerprint density at radius 1 is 0.900 bits per heavy atom. The van der Waals surface area contributed by atoms with Gasteiger partial charge in [-0.25, -0.2) is 0 Å². The molecule has 1 aromatic heterocycles. The molecule has 2 N–H and O–H groups in total. The van der Waals surface area contributed by atoms with Gasteiger partial charge in [0, 0.05) is 37.0 Å². The highest BCUT2D eigenvalue weighted by Crippen LogP contribution is 2.36. The average Bonchev–Trinajstić information content (AvgIpc) is 3.68. The summed E-state index contributed by atoms with van der Waals surface area (Å²) in [6, 6.07) is -0.311. The molecule has 1 aromatic rings. The van der Waals surface area contributed by atoms with Crippen molar-refractivity contribution in [2.75, 3.05) is 25.1 Å². The summed E-state index contributed by atoms with van der Waals surface area (Å²) >= 11 is 2.56. The third kappa shape index (κ3) is 6.60. The maximum atomic E-state index is 13.8. The van der Waals surface area contributed by atoms with Crippen molar-refractivity contribution in [1.29, 1.82) is 0 Å². The van der Waals surface area contributed by atoms with Gasteiger partial charge in [-0.2, -0.15) is 11.8 Å². The number of amides is 4. The van der Waals surface area contributed by atoms with Crippen LogP contribution in [0.4, 0.5) is 0 Å². The number of carbonyl (C=O) groups is 6. The fraction of sp³-hybridized carbons (Fsp3) is 0.615. The number of hydrogen-bond acceptors (Lipinski definition) is 10. The predicted molar refractivity (Wildman–Crippen MR) is 142 cm³/mol. The van der Waals surface area contributed by atoms with Crippen LogP contribution in [0.3, 0.4) is 0 Å². The van der Waals surface area contributed by atoms with Crippen LogP contribution in [-0.4, -0.2) is 94.6 Å². The minimum absolute atomic E-state index is 0.00400. The molecule has 0 bridgehead atoms. The van der Waals surface area contributed by atoms with Gasteiger partial charge in [0.05, 0.1) is 34.7 Å². The highest BCUT2D eigenvalue weighted by molar-refractivity contribution is 7.99. The van der Waals surface area contributed by atoms with Gasteiger partial charge >= 0.3 is 0 Å². The van der Waals surface area contributed by atoms with Crippen LogP contribution in [0.15, 0.2) is 17.5 Å². The van der Waals surface area contributed by atoms with E-state index in [4.69, 9.17) is 0 Å². The molecule has 0 unspecified atom stereocenters. The smallest absolute Gasteiger partial charge is 0.261 e. The highest BCUT2D eigenvalue weighted by atomic mass is 32.2. The SMILES string of the molecule is CSCC(=O)N[C@H]1C[C@@H](C(=O)[O-])N(C(=O)[C@@H]2CCCC[C@H]2C(=O)N2C[C@@H](NC(=O)c3cccs3)C[C@H]2C(=O)[O-])C1. The summed E-state index contributed by atoms with van der Waals surface area (Å²) in [6.07, 6.45) is 3.74. The molecule has 2 saturated heterocycles. The number of thiophene rings is 1. The lowest BCUT2D eigenvalue weighted by Crippen LogP contribution is -2.54. The van der Waals surface area contributed by atoms with E-state index < -0.39 is 59.8 Å². The number of carboxylic acids is 2. The third-order valence-electron chi connectivity index (χ3n) is 7.83. The molecule has 3 aliphatic rings. The van der Waals surface area contributed by atoms with Gasteiger partial charge in [0.25, 0.3) is 5.91 Å². The predicted octanol–water partition coefficient (Wildman–Crippen LogP) is -1.80. The second kappa shape index (κ2) is 13.0. The number of carbonyl (C=O) groups excluding carboxylic acids is 6. The topological polar surface area (TPSA) is 179 Å². The highest BCUT2D eigenvalue weighted by Gasteiger charge is 2.47. The van der Waals surface area contributed by atoms with E-state index in [0.717, 1.165) is 0 Å². The molecule has 40 heavy (non-hydrogen) atoms. The van der Waals surface area contributed by atoms with E-state index in [-0.39, 0.29) is 43.5 Å². The second-order valence-corrected chi connectivity index (χ2v) is 12.3. The maximum Gasteiger partial charge on any atom is 0.261 e. The minimum Gasteiger partial charge on any atom is -0.548 e. The summed E-state index contributed by atoms with van der Waals surface area (Å²) < 4.78 is 0. The minimum atomic E-state index is -1.44. The number of nitrogens with one attached hydrogen (secondary N) is 2. The van der Waals surface area contributed by atoms with Crippen molar-refractivity contribution < 1.29 is 39.0 Å². The van der Waals surface area contributed by atoms with Crippen LogP contribution in [0.5, 0.6) is 0 Å². The van der Waals surface area contributed by atoms with Gasteiger partial charge in [-0.1, -0.05) is 18.9 Å². The fourth-order valence-corrected chi connectivity index (χ4v) is 7.00. The zero-order valence-electron chi connectivity index (χ0n) is 22.0. The molecule has 6 atom stereocenters. The van der Waals surface area contributed by atoms with Crippen molar-refractivity contribution in [1.82, 2.24) is 20.4 Å². The molecule has 1 aliphatic carbocycles. The number of nitrogens with zero attached hydrogens (tertiary/aromatic N) is 2. The summed E-state index contributed by atoms with van der Waals surface area (Å²) in [4.78, 5) is 78.8. The monoisotopic (exact) mass is 592 g/mol. The first-order valence-electron chi connectivity index (χ1n) is 13.3. The van der Waals surface area contributed by atoms with Crippen LogP contribution >= 0.6 is 23.1 Å². The van der Waals surface area contributed by atoms with E-state index in [9.17, 15) is 39.0 Å². The molecule has 2 aliphatic heterocycles. The van der Waals surface area contributed by atoms with Gasteiger partial charge < -0.3 is 40.2 Å². The Morgan fingerprint density at radius 2 is 1.43 bits per heavy atom. The van der Waals surface area contributed by atoms with Crippen molar-refractivity contribution in [2.24, 2.45) is 11.8 Å². The number of rotatable bonds is 9. The fourth-order valence-electron chi connectivity index (χ4n) is 6.03. The molecule has 3 fully saturated rings. The molecular weight excluding hydrogens is 560 g/mol. The molecule has 12 nitrogen and oxygen atoms in total. The van der Waals surface area contributed by atoms with Crippen LogP contribution in [0.2, 0.25) is 0 Å². The van der Waals surface area contributed by atoms with Crippen molar-refractivity contribution in [2.45, 2.75) is 62.7 Å². The summed E-state index contributed by atoms with van der Waals surface area (Å²) in [5, 5.41) is 31.2. The lowest BCUT2D eigenvalue weighted by molar-refractivity contribution is -0.312. The number of carboxylic acid groups (broad SMARTS) is 2. The first-order chi connectivity index (χ1) is 19.1. The van der Waals surface area contributed by atoms with Crippen LogP contribution in [0.25, 0.3) is 0 Å². The van der Waals surface area contributed by atoms with E-state index >= 15 is 0 Å². The molecule has 4 amide bonds. The molecular formula is C26H32N4O8S2-2. The number of thioether (sulfide) groups is 1. The Bertz CT molecular complexity index is 1150. The van der Waals surface area contributed by atoms with E-state index in [1.165, 1.54) is 32.9 Å². The van der Waals surface area contributed by atoms with Crippen LogP contribution < -0.4 is 20.8 Å². The molecule has 14 heteroatoms. The molecule has 4 rings (SSSR count). The van der Waals surface area contributed by atoms with Gasteiger partial charge in [0.15, 0.2) is 0 Å². The summed E-state index contributed by atoms with van der Waals surface area (Å²) in [6.45, 7) is -0.0574. The standard InChI is InChI=1S/C26H34N4O8S2/c1-39-13-21(31)27-14-9-18(25(35)36)29(11-14)23(33)16-5-2-3-6-17(16)24(34)30-12-15(10-19(30)26(37)38)28-22(32)20-7-4-8-40-20/h4,7-8,14-19H,2-3,5-6,9-13H2,1H3,(H,27,31)(H,28,32)(H,35,36)(H,37,38)/p-2/t14-,15-,16+,17+,18-,19-/m0/s1. The third-order valence-corrected chi connectivity index (χ3v) is 9.25. The van der Waals surface area contributed by atoms with Gasteiger partial charge in [-0.05, 0) is 43.4 Å². The Kier molecular flexibility index (Phi) is 9.72. The Balaban J connectivity index is 1.48. The van der Waals surface area contributed by atoms with Gasteiger partial charge in [0.1, 0.15) is 0 Å². The van der Waals surface area contributed by atoms with E-state index in [2.05, 4.69) is 10.6 Å². The Labute approximate surface area is 239 Å². The van der Waals surface area contributed by atoms with Crippen LogP contribution in [0, 0.1) is 11.8 Å². The van der Waals surface area contributed by atoms with E-state index in [0.29, 0.717) is 30.6 Å². The Hall–Kier alpha value is -3.13. The van der Waals surface area contributed by atoms with Crippen LogP contribution in [0.1, 0.15) is 48.2 Å². The molecule has 0 radical (unpaired) electrons. The maximum absolute atomic E-state index is 13.8. The number of aliphatic carboxylic acids is 2. The average molecular weight is 593 g/mol. The lowest BCUT2D eigenvalue weighted by Gasteiger charge is -2.37. The van der Waals surface area contributed by atoms with E-state index in [1.807, 2.05) is 0 Å². The number of likely N-dealkylation sites (tertiary alicyclic amines) is 2. The zero-order valence-corrected chi connectivity index (χ0v) is 23.7. The molecule has 218 valence electrons. The molecule has 1 saturated carbocycles. The van der Waals surface area contributed by atoms with Crippen molar-refractivity contribution in [3.05, 3.63) is 22.4 Å². The first-order valence-corrected chi connectivity index (χ1v) is 15.5. The number of hydrogen-bond donors (Lipinski definition) is 2. The van der Waals surface area contributed by atoms with Gasteiger partial charge in [-0.15, -0.1) is 11.3 Å². The quantitative estimate of drug-likeness (QED) is 0.335. The van der Waals surface area contributed by atoms with Crippen molar-refractivity contribution >= 4 is 58.7 Å². The normalized spacial score (nSPS) is 28.2. The Morgan fingerprint density at radius 3 is 1.88 bits per heavy atom. The lowest BCUT2D eigenvalue weighted by atomic mass is 9.77. The van der Waals surface area contributed by atoms with Gasteiger partial charge in [-0.3, -0.25) is 19.2 Å². The largest absolute Gasteiger partial charge is 0.548 e. The van der Waals surface area contributed by atoms with Crippen LogP contribution in [-0.2, 0) is 24.0 Å². The molecule has 3 heterocycles. The van der Waals surface area contributed by atoms with Crippen molar-refractivity contribution in [3.63, 3.8) is 0 Å². The summed E-state index contributed by atoms with van der Waals surface area (Å²) in [5.41, 5.74) is 0. The first kappa shape index (κ1) is 29.8. The van der Waals surface area contributed by atoms with E-state index in [1.54, 1.807) is 23.8 Å². The molecule has 0 aromatic carbocycles.